The molecule has 2 heterocycles. The highest BCUT2D eigenvalue weighted by Gasteiger charge is 2.35. The number of fused-ring (bicyclic) bond motifs is 1. The topological polar surface area (TPSA) is 45.2 Å². The quantitative estimate of drug-likeness (QED) is 0.328. The van der Waals surface area contributed by atoms with E-state index in [1.54, 1.807) is 7.11 Å². The summed E-state index contributed by atoms with van der Waals surface area (Å²) in [7, 11) is 5.96. The molecule has 0 radical (unpaired) electrons. The zero-order valence-corrected chi connectivity index (χ0v) is 24.0. The van der Waals surface area contributed by atoms with Crippen LogP contribution in [0.2, 0.25) is 0 Å². The molecule has 4 rings (SSSR count). The third-order valence-electron chi connectivity index (χ3n) is 8.12. The predicted molar refractivity (Wildman–Crippen MR) is 154 cm³/mol. The van der Waals surface area contributed by atoms with Crippen LogP contribution < -0.4 is 9.47 Å². The minimum atomic E-state index is 0.274. The Morgan fingerprint density at radius 3 is 2.66 bits per heavy atom. The zero-order chi connectivity index (χ0) is 26.9. The van der Waals surface area contributed by atoms with E-state index in [4.69, 9.17) is 9.47 Å². The van der Waals surface area contributed by atoms with Crippen LogP contribution >= 0.6 is 0 Å². The van der Waals surface area contributed by atoms with Crippen LogP contribution in [-0.2, 0) is 17.6 Å². The number of hydrogen-bond donors (Lipinski definition) is 0. The summed E-state index contributed by atoms with van der Waals surface area (Å²) in [6.45, 7) is 7.15. The summed E-state index contributed by atoms with van der Waals surface area (Å²) in [6, 6.07) is 15.3. The lowest BCUT2D eigenvalue weighted by Gasteiger charge is -2.29. The van der Waals surface area contributed by atoms with Crippen molar-refractivity contribution in [3.8, 4) is 11.5 Å². The van der Waals surface area contributed by atoms with Gasteiger partial charge in [-0.2, -0.15) is 0 Å². The van der Waals surface area contributed by atoms with Crippen molar-refractivity contribution in [1.82, 2.24) is 14.7 Å². The van der Waals surface area contributed by atoms with Crippen LogP contribution in [0.4, 0.5) is 0 Å². The second-order valence-corrected chi connectivity index (χ2v) is 11.2. The lowest BCUT2D eigenvalue weighted by molar-refractivity contribution is -0.132. The third kappa shape index (κ3) is 7.51. The van der Waals surface area contributed by atoms with Gasteiger partial charge in [0.05, 0.1) is 20.3 Å². The van der Waals surface area contributed by atoms with E-state index in [0.717, 1.165) is 89.2 Å². The largest absolute Gasteiger partial charge is 0.496 e. The van der Waals surface area contributed by atoms with Crippen molar-refractivity contribution < 1.29 is 14.3 Å². The average molecular weight is 522 g/mol. The maximum Gasteiger partial charge on any atom is 0.236 e. The van der Waals surface area contributed by atoms with E-state index >= 15 is 0 Å². The molecule has 2 atom stereocenters. The Labute approximate surface area is 229 Å². The SMILES string of the molecule is CCCCN(CCCCN(C)C)C(=O)CN1C[C@H](c2ccc3c(c2)CCO3)C[C@@H]1Cc1ccccc1OC. The zero-order valence-electron chi connectivity index (χ0n) is 24.0. The highest BCUT2D eigenvalue weighted by molar-refractivity contribution is 5.78. The highest BCUT2D eigenvalue weighted by Crippen LogP contribution is 2.37. The van der Waals surface area contributed by atoms with E-state index in [9.17, 15) is 4.79 Å². The van der Waals surface area contributed by atoms with E-state index < -0.39 is 0 Å². The van der Waals surface area contributed by atoms with Gasteiger partial charge < -0.3 is 19.3 Å². The molecule has 0 N–H and O–H groups in total. The molecule has 1 amide bonds. The van der Waals surface area contributed by atoms with Gasteiger partial charge in [-0.15, -0.1) is 0 Å². The maximum atomic E-state index is 13.7. The Bertz CT molecular complexity index is 1040. The van der Waals surface area contributed by atoms with E-state index in [-0.39, 0.29) is 5.91 Å². The summed E-state index contributed by atoms with van der Waals surface area (Å²) in [5, 5.41) is 0. The molecular weight excluding hydrogens is 474 g/mol. The number of carbonyl (C=O) groups excluding carboxylic acids is 1. The molecule has 1 saturated heterocycles. The Kier molecular flexibility index (Phi) is 10.5. The van der Waals surface area contributed by atoms with Crippen molar-refractivity contribution in [2.24, 2.45) is 0 Å². The number of methoxy groups -OCH3 is 1. The molecule has 0 unspecified atom stereocenters. The number of benzene rings is 2. The summed E-state index contributed by atoms with van der Waals surface area (Å²) in [5.41, 5.74) is 3.91. The van der Waals surface area contributed by atoms with Gasteiger partial charge in [-0.05, 0) is 87.5 Å². The van der Waals surface area contributed by atoms with Crippen LogP contribution in [0.25, 0.3) is 0 Å². The Morgan fingerprint density at radius 1 is 1.08 bits per heavy atom. The van der Waals surface area contributed by atoms with Gasteiger partial charge in [0, 0.05) is 32.1 Å². The molecule has 0 aliphatic carbocycles. The lowest BCUT2D eigenvalue weighted by Crippen LogP contribution is -2.43. The van der Waals surface area contributed by atoms with Gasteiger partial charge in [-0.25, -0.2) is 0 Å². The molecule has 6 nitrogen and oxygen atoms in total. The minimum Gasteiger partial charge on any atom is -0.496 e. The van der Waals surface area contributed by atoms with Crippen molar-refractivity contribution in [3.63, 3.8) is 0 Å². The van der Waals surface area contributed by atoms with E-state index in [1.807, 2.05) is 12.1 Å². The van der Waals surface area contributed by atoms with Crippen LogP contribution in [0.5, 0.6) is 11.5 Å². The number of hydrogen-bond acceptors (Lipinski definition) is 5. The van der Waals surface area contributed by atoms with Crippen LogP contribution in [-0.4, -0.2) is 87.2 Å². The molecule has 2 aliphatic rings. The van der Waals surface area contributed by atoms with Crippen molar-refractivity contribution >= 4 is 5.91 Å². The molecule has 2 aromatic carbocycles. The van der Waals surface area contributed by atoms with Gasteiger partial charge in [-0.1, -0.05) is 43.7 Å². The van der Waals surface area contributed by atoms with Gasteiger partial charge in [-0.3, -0.25) is 9.69 Å². The number of likely N-dealkylation sites (tertiary alicyclic amines) is 1. The Hall–Kier alpha value is -2.57. The normalized spacial score (nSPS) is 19.0. The van der Waals surface area contributed by atoms with Gasteiger partial charge in [0.1, 0.15) is 11.5 Å². The van der Waals surface area contributed by atoms with Crippen LogP contribution in [0.15, 0.2) is 42.5 Å². The molecule has 0 bridgehead atoms. The standard InChI is InChI=1S/C32H47N3O3/c1-5-6-17-34(18-10-9-16-33(2)3)32(36)24-35-23-28(25-13-14-31-27(20-25)15-19-38-31)22-29(35)21-26-11-7-8-12-30(26)37-4/h7-8,11-14,20,28-29H,5-6,9-10,15-19,21-24H2,1-4H3/t28-,29+/m1/s1. The molecule has 0 aromatic heterocycles. The average Bonchev–Trinajstić information content (AvgIpc) is 3.55. The van der Waals surface area contributed by atoms with Gasteiger partial charge in [0.2, 0.25) is 5.91 Å². The van der Waals surface area contributed by atoms with Crippen LogP contribution in [0.3, 0.4) is 0 Å². The van der Waals surface area contributed by atoms with E-state index in [1.165, 1.54) is 16.7 Å². The molecule has 6 heteroatoms. The van der Waals surface area contributed by atoms with Crippen LogP contribution in [0.1, 0.15) is 61.6 Å². The monoisotopic (exact) mass is 521 g/mol. The number of para-hydroxylation sites is 1. The van der Waals surface area contributed by atoms with E-state index in [0.29, 0.717) is 18.5 Å². The smallest absolute Gasteiger partial charge is 0.236 e. The number of carbonyl (C=O) groups is 1. The van der Waals surface area contributed by atoms with Crippen molar-refractivity contribution in [3.05, 3.63) is 59.2 Å². The van der Waals surface area contributed by atoms with Crippen molar-refractivity contribution in [2.45, 2.75) is 63.8 Å². The number of ether oxygens (including phenoxy) is 2. The first-order chi connectivity index (χ1) is 18.5. The van der Waals surface area contributed by atoms with Crippen molar-refractivity contribution in [2.75, 3.05) is 60.5 Å². The molecule has 0 spiro atoms. The van der Waals surface area contributed by atoms with Crippen LogP contribution in [0, 0.1) is 0 Å². The molecular formula is C32H47N3O3. The first-order valence-corrected chi connectivity index (χ1v) is 14.5. The maximum absolute atomic E-state index is 13.7. The number of amides is 1. The first kappa shape index (κ1) is 28.4. The predicted octanol–water partition coefficient (Wildman–Crippen LogP) is 5.00. The molecule has 2 aliphatic heterocycles. The Morgan fingerprint density at radius 2 is 1.87 bits per heavy atom. The second-order valence-electron chi connectivity index (χ2n) is 11.2. The minimum absolute atomic E-state index is 0.274. The van der Waals surface area contributed by atoms with Crippen molar-refractivity contribution in [1.29, 1.82) is 0 Å². The first-order valence-electron chi connectivity index (χ1n) is 14.5. The molecule has 2 aromatic rings. The van der Waals surface area contributed by atoms with E-state index in [2.05, 4.69) is 66.1 Å². The molecule has 38 heavy (non-hydrogen) atoms. The molecule has 0 saturated carbocycles. The highest BCUT2D eigenvalue weighted by atomic mass is 16.5. The number of nitrogens with zero attached hydrogens (tertiary/aromatic N) is 3. The summed E-state index contributed by atoms with van der Waals surface area (Å²) in [5.74, 6) is 2.65. The third-order valence-corrected chi connectivity index (χ3v) is 8.12. The fourth-order valence-corrected chi connectivity index (χ4v) is 5.93. The number of unbranched alkanes of at least 4 members (excludes halogenated alkanes) is 2. The summed E-state index contributed by atoms with van der Waals surface area (Å²) >= 11 is 0. The fraction of sp³-hybridized carbons (Fsp3) is 0.594. The van der Waals surface area contributed by atoms with Gasteiger partial charge in [0.25, 0.3) is 0 Å². The summed E-state index contributed by atoms with van der Waals surface area (Å²) in [6.07, 6.45) is 7.26. The lowest BCUT2D eigenvalue weighted by atomic mass is 9.92. The second kappa shape index (κ2) is 14.0. The summed E-state index contributed by atoms with van der Waals surface area (Å²) in [4.78, 5) is 20.5. The Balaban J connectivity index is 1.49. The molecule has 208 valence electrons. The number of rotatable bonds is 14. The summed E-state index contributed by atoms with van der Waals surface area (Å²) < 4.78 is 11.4. The fourth-order valence-electron chi connectivity index (χ4n) is 5.93. The van der Waals surface area contributed by atoms with Gasteiger partial charge in [0.15, 0.2) is 0 Å². The van der Waals surface area contributed by atoms with Gasteiger partial charge >= 0.3 is 0 Å². The molecule has 1 fully saturated rings.